The Kier molecular flexibility index (Phi) is 2.91. The van der Waals surface area contributed by atoms with Crippen molar-refractivity contribution in [1.29, 1.82) is 5.26 Å². The maximum atomic E-state index is 10.9. The number of carbonyl (C=O) groups is 1. The van der Waals surface area contributed by atoms with Crippen molar-refractivity contribution >= 4 is 5.91 Å². The van der Waals surface area contributed by atoms with Crippen LogP contribution in [0.1, 0.15) is 25.7 Å². The zero-order chi connectivity index (χ0) is 8.10. The lowest BCUT2D eigenvalue weighted by Gasteiger charge is -2.24. The Morgan fingerprint density at radius 1 is 1.64 bits per heavy atom. The zero-order valence-corrected chi connectivity index (χ0v) is 6.47. The highest BCUT2D eigenvalue weighted by Gasteiger charge is 2.19. The van der Waals surface area contributed by atoms with Gasteiger partial charge in [-0.25, -0.2) is 0 Å². The van der Waals surface area contributed by atoms with Gasteiger partial charge in [-0.15, -0.1) is 0 Å². The minimum atomic E-state index is 0.0243. The Balaban J connectivity index is 2.06. The fourth-order valence-electron chi connectivity index (χ4n) is 1.17. The molecular weight excluding hydrogens is 140 g/mol. The minimum Gasteiger partial charge on any atom is -0.343 e. The van der Waals surface area contributed by atoms with Crippen LogP contribution in [0, 0.1) is 17.2 Å². The molecule has 60 valence electrons. The largest absolute Gasteiger partial charge is 0.343 e. The molecule has 3 nitrogen and oxygen atoms in total. The molecule has 0 spiro atoms. The van der Waals surface area contributed by atoms with Gasteiger partial charge in [-0.05, 0) is 18.8 Å². The number of carbonyl (C=O) groups excluding carboxylic acids is 1. The van der Waals surface area contributed by atoms with Crippen molar-refractivity contribution in [1.82, 2.24) is 5.32 Å². The van der Waals surface area contributed by atoms with Crippen LogP contribution >= 0.6 is 0 Å². The number of amides is 1. The molecule has 0 heterocycles. The van der Waals surface area contributed by atoms with E-state index < -0.39 is 0 Å². The van der Waals surface area contributed by atoms with E-state index in [1.54, 1.807) is 0 Å². The van der Waals surface area contributed by atoms with Crippen LogP contribution < -0.4 is 5.32 Å². The summed E-state index contributed by atoms with van der Waals surface area (Å²) in [7, 11) is 0. The van der Waals surface area contributed by atoms with Crippen LogP contribution in [0.5, 0.6) is 0 Å². The summed E-state index contributed by atoms with van der Waals surface area (Å²) in [4.78, 5) is 10.9. The summed E-state index contributed by atoms with van der Waals surface area (Å²) in [6.07, 6.45) is 4.23. The smallest absolute Gasteiger partial charge is 0.221 e. The van der Waals surface area contributed by atoms with Crippen LogP contribution in [-0.2, 0) is 4.79 Å². The molecule has 1 rings (SSSR count). The number of rotatable bonds is 3. The first-order valence-electron chi connectivity index (χ1n) is 3.96. The molecule has 1 aliphatic carbocycles. The summed E-state index contributed by atoms with van der Waals surface area (Å²) in [6, 6.07) is 1.88. The van der Waals surface area contributed by atoms with Crippen LogP contribution in [0.25, 0.3) is 0 Å². The third-order valence-corrected chi connectivity index (χ3v) is 2.06. The molecule has 0 radical (unpaired) electrons. The van der Waals surface area contributed by atoms with Gasteiger partial charge in [0.15, 0.2) is 0 Å². The SMILES string of the molecule is N#CCNC(=O)CC1CCC1. The van der Waals surface area contributed by atoms with Crippen LogP contribution in [0.4, 0.5) is 0 Å². The molecule has 0 saturated heterocycles. The van der Waals surface area contributed by atoms with E-state index in [1.165, 1.54) is 19.3 Å². The van der Waals surface area contributed by atoms with Crippen molar-refractivity contribution in [2.24, 2.45) is 5.92 Å². The summed E-state index contributed by atoms with van der Waals surface area (Å²) < 4.78 is 0. The Morgan fingerprint density at radius 2 is 2.36 bits per heavy atom. The summed E-state index contributed by atoms with van der Waals surface area (Å²) in [5.41, 5.74) is 0. The van der Waals surface area contributed by atoms with Gasteiger partial charge >= 0.3 is 0 Å². The number of nitriles is 1. The highest BCUT2D eigenvalue weighted by Crippen LogP contribution is 2.28. The van der Waals surface area contributed by atoms with E-state index in [0.717, 1.165) is 0 Å². The standard InChI is InChI=1S/C8H12N2O/c9-4-5-10-8(11)6-7-2-1-3-7/h7H,1-3,5-6H2,(H,10,11). The number of nitrogens with one attached hydrogen (secondary N) is 1. The van der Waals surface area contributed by atoms with Gasteiger partial charge < -0.3 is 5.32 Å². The van der Waals surface area contributed by atoms with E-state index in [2.05, 4.69) is 5.32 Å². The molecular formula is C8H12N2O. The summed E-state index contributed by atoms with van der Waals surface area (Å²) in [5, 5.41) is 10.7. The molecule has 0 atom stereocenters. The quantitative estimate of drug-likeness (QED) is 0.608. The van der Waals surface area contributed by atoms with Crippen LogP contribution in [0.3, 0.4) is 0 Å². The van der Waals surface area contributed by atoms with Crippen molar-refractivity contribution in [2.45, 2.75) is 25.7 Å². The minimum absolute atomic E-state index is 0.0243. The normalized spacial score (nSPS) is 16.6. The molecule has 1 amide bonds. The van der Waals surface area contributed by atoms with Gasteiger partial charge in [0.1, 0.15) is 6.54 Å². The first-order chi connectivity index (χ1) is 5.33. The molecule has 1 aliphatic rings. The Bertz CT molecular complexity index is 179. The van der Waals surface area contributed by atoms with E-state index in [1.807, 2.05) is 6.07 Å². The van der Waals surface area contributed by atoms with E-state index in [9.17, 15) is 4.79 Å². The highest BCUT2D eigenvalue weighted by molar-refractivity contribution is 5.76. The second-order valence-corrected chi connectivity index (χ2v) is 2.94. The summed E-state index contributed by atoms with van der Waals surface area (Å²) in [5.74, 6) is 0.616. The number of nitrogens with zero attached hydrogens (tertiary/aromatic N) is 1. The molecule has 1 fully saturated rings. The van der Waals surface area contributed by atoms with Crippen molar-refractivity contribution in [3.05, 3.63) is 0 Å². The van der Waals surface area contributed by atoms with E-state index in [-0.39, 0.29) is 12.5 Å². The number of hydrogen-bond donors (Lipinski definition) is 1. The predicted octanol–water partition coefficient (Wildman–Crippen LogP) is 0.816. The first-order valence-corrected chi connectivity index (χ1v) is 3.96. The lowest BCUT2D eigenvalue weighted by Crippen LogP contribution is -2.27. The Labute approximate surface area is 66.4 Å². The Morgan fingerprint density at radius 3 is 2.82 bits per heavy atom. The lowest BCUT2D eigenvalue weighted by atomic mass is 9.83. The van der Waals surface area contributed by atoms with Crippen LogP contribution in [0.2, 0.25) is 0 Å². The third kappa shape index (κ3) is 2.58. The molecule has 0 aromatic rings. The van der Waals surface area contributed by atoms with E-state index in [4.69, 9.17) is 5.26 Å². The molecule has 0 aromatic carbocycles. The first kappa shape index (κ1) is 8.06. The molecule has 3 heteroatoms. The topological polar surface area (TPSA) is 52.9 Å². The Hall–Kier alpha value is -1.04. The van der Waals surface area contributed by atoms with Gasteiger partial charge in [0, 0.05) is 6.42 Å². The average Bonchev–Trinajstić information content (AvgIpc) is 1.93. The monoisotopic (exact) mass is 152 g/mol. The molecule has 0 unspecified atom stereocenters. The predicted molar refractivity (Wildman–Crippen MR) is 40.6 cm³/mol. The van der Waals surface area contributed by atoms with Gasteiger partial charge in [0.2, 0.25) is 5.91 Å². The van der Waals surface area contributed by atoms with Crippen LogP contribution in [0.15, 0.2) is 0 Å². The summed E-state index contributed by atoms with van der Waals surface area (Å²) >= 11 is 0. The van der Waals surface area contributed by atoms with Crippen molar-refractivity contribution in [2.75, 3.05) is 6.54 Å². The third-order valence-electron chi connectivity index (χ3n) is 2.06. The van der Waals surface area contributed by atoms with Crippen molar-refractivity contribution in [3.8, 4) is 6.07 Å². The van der Waals surface area contributed by atoms with Crippen LogP contribution in [-0.4, -0.2) is 12.5 Å². The zero-order valence-electron chi connectivity index (χ0n) is 6.47. The molecule has 1 N–H and O–H groups in total. The summed E-state index contributed by atoms with van der Waals surface area (Å²) in [6.45, 7) is 0.144. The van der Waals surface area contributed by atoms with Gasteiger partial charge in [0.05, 0.1) is 6.07 Å². The van der Waals surface area contributed by atoms with Crippen molar-refractivity contribution < 1.29 is 4.79 Å². The fourth-order valence-corrected chi connectivity index (χ4v) is 1.17. The second kappa shape index (κ2) is 3.97. The maximum absolute atomic E-state index is 10.9. The van der Waals surface area contributed by atoms with E-state index >= 15 is 0 Å². The van der Waals surface area contributed by atoms with Gasteiger partial charge in [-0.2, -0.15) is 5.26 Å². The lowest BCUT2D eigenvalue weighted by molar-refractivity contribution is -0.122. The van der Waals surface area contributed by atoms with Crippen molar-refractivity contribution in [3.63, 3.8) is 0 Å². The van der Waals surface area contributed by atoms with Gasteiger partial charge in [-0.1, -0.05) is 6.42 Å². The molecule has 0 aliphatic heterocycles. The molecule has 11 heavy (non-hydrogen) atoms. The molecule has 0 bridgehead atoms. The van der Waals surface area contributed by atoms with Gasteiger partial charge in [-0.3, -0.25) is 4.79 Å². The van der Waals surface area contributed by atoms with Gasteiger partial charge in [0.25, 0.3) is 0 Å². The maximum Gasteiger partial charge on any atom is 0.221 e. The number of hydrogen-bond acceptors (Lipinski definition) is 2. The van der Waals surface area contributed by atoms with E-state index in [0.29, 0.717) is 12.3 Å². The molecule has 0 aromatic heterocycles. The second-order valence-electron chi connectivity index (χ2n) is 2.94. The average molecular weight is 152 g/mol. The highest BCUT2D eigenvalue weighted by atomic mass is 16.1. The fraction of sp³-hybridized carbons (Fsp3) is 0.750. The molecule has 1 saturated carbocycles.